The second-order valence-corrected chi connectivity index (χ2v) is 3.20. The summed E-state index contributed by atoms with van der Waals surface area (Å²) in [5.74, 6) is -6.13. The van der Waals surface area contributed by atoms with Gasteiger partial charge in [-0.25, -0.2) is 0 Å². The summed E-state index contributed by atoms with van der Waals surface area (Å²) in [6, 6.07) is 8.05. The van der Waals surface area contributed by atoms with Gasteiger partial charge in [0.2, 0.25) is 0 Å². The molecule has 16 heavy (non-hydrogen) atoms. The van der Waals surface area contributed by atoms with E-state index in [1.165, 1.54) is 30.3 Å². The SMILES string of the molecule is N#CC(c1ccccc1)C(O)(O)C(F)(F)F. The van der Waals surface area contributed by atoms with Crippen LogP contribution in [-0.2, 0) is 0 Å². The highest BCUT2D eigenvalue weighted by molar-refractivity contribution is 5.28. The topological polar surface area (TPSA) is 64.2 Å². The minimum absolute atomic E-state index is 0.104. The molecule has 6 heteroatoms. The molecule has 86 valence electrons. The van der Waals surface area contributed by atoms with Crippen LogP contribution in [0, 0.1) is 11.3 Å². The Morgan fingerprint density at radius 1 is 1.12 bits per heavy atom. The minimum Gasteiger partial charge on any atom is -0.357 e. The average molecular weight is 231 g/mol. The first-order valence-corrected chi connectivity index (χ1v) is 4.26. The monoisotopic (exact) mass is 231 g/mol. The Morgan fingerprint density at radius 2 is 1.62 bits per heavy atom. The van der Waals surface area contributed by atoms with E-state index in [4.69, 9.17) is 15.5 Å². The zero-order chi connectivity index (χ0) is 12.4. The van der Waals surface area contributed by atoms with Crippen LogP contribution in [0.3, 0.4) is 0 Å². The number of benzene rings is 1. The summed E-state index contributed by atoms with van der Waals surface area (Å²) < 4.78 is 36.9. The molecule has 0 aliphatic rings. The van der Waals surface area contributed by atoms with Crippen LogP contribution in [0.4, 0.5) is 13.2 Å². The lowest BCUT2D eigenvalue weighted by Crippen LogP contribution is -2.49. The lowest BCUT2D eigenvalue weighted by Gasteiger charge is -2.28. The van der Waals surface area contributed by atoms with E-state index in [0.29, 0.717) is 0 Å². The highest BCUT2D eigenvalue weighted by Crippen LogP contribution is 2.38. The lowest BCUT2D eigenvalue weighted by molar-refractivity contribution is -0.352. The molecule has 1 unspecified atom stereocenters. The van der Waals surface area contributed by atoms with E-state index in [1.807, 2.05) is 0 Å². The van der Waals surface area contributed by atoms with Crippen LogP contribution in [0.2, 0.25) is 0 Å². The maximum Gasteiger partial charge on any atom is 0.444 e. The zero-order valence-corrected chi connectivity index (χ0v) is 7.94. The number of aliphatic hydroxyl groups is 2. The molecular formula is C10H8F3NO2. The molecule has 1 aromatic rings. The fraction of sp³-hybridized carbons (Fsp3) is 0.300. The predicted molar refractivity (Wildman–Crippen MR) is 48.0 cm³/mol. The van der Waals surface area contributed by atoms with Gasteiger partial charge in [-0.2, -0.15) is 18.4 Å². The van der Waals surface area contributed by atoms with Crippen LogP contribution < -0.4 is 0 Å². The van der Waals surface area contributed by atoms with Gasteiger partial charge in [0.15, 0.2) is 0 Å². The van der Waals surface area contributed by atoms with Crippen molar-refractivity contribution in [2.75, 3.05) is 0 Å². The standard InChI is InChI=1S/C10H8F3NO2/c11-10(12,13)9(15,16)8(6-14)7-4-2-1-3-5-7/h1-5,8,15-16H. The molecule has 0 aromatic heterocycles. The summed E-state index contributed by atoms with van der Waals surface area (Å²) in [5, 5.41) is 26.6. The largest absolute Gasteiger partial charge is 0.444 e. The molecule has 1 rings (SSSR count). The first-order valence-electron chi connectivity index (χ1n) is 4.26. The molecule has 2 N–H and O–H groups in total. The predicted octanol–water partition coefficient (Wildman–Crippen LogP) is 1.54. The van der Waals surface area contributed by atoms with Crippen LogP contribution in [0.5, 0.6) is 0 Å². The molecule has 0 bridgehead atoms. The van der Waals surface area contributed by atoms with Gasteiger partial charge in [0.25, 0.3) is 5.79 Å². The molecular weight excluding hydrogens is 223 g/mol. The van der Waals surface area contributed by atoms with E-state index >= 15 is 0 Å². The van der Waals surface area contributed by atoms with Crippen molar-refractivity contribution in [2.45, 2.75) is 17.9 Å². The van der Waals surface area contributed by atoms with Crippen LogP contribution >= 0.6 is 0 Å². The van der Waals surface area contributed by atoms with E-state index in [-0.39, 0.29) is 5.56 Å². The van der Waals surface area contributed by atoms with Gasteiger partial charge in [0.05, 0.1) is 6.07 Å². The molecule has 1 aromatic carbocycles. The fourth-order valence-corrected chi connectivity index (χ4v) is 1.21. The number of nitriles is 1. The van der Waals surface area contributed by atoms with Gasteiger partial charge in [0, 0.05) is 0 Å². The summed E-state index contributed by atoms with van der Waals surface area (Å²) in [6.07, 6.45) is -5.29. The van der Waals surface area contributed by atoms with Gasteiger partial charge in [0.1, 0.15) is 5.92 Å². The summed E-state index contributed by atoms with van der Waals surface area (Å²) >= 11 is 0. The highest BCUT2D eigenvalue weighted by atomic mass is 19.4. The molecule has 0 spiro atoms. The van der Waals surface area contributed by atoms with Gasteiger partial charge in [-0.3, -0.25) is 0 Å². The van der Waals surface area contributed by atoms with Crippen molar-refractivity contribution >= 4 is 0 Å². The summed E-state index contributed by atoms with van der Waals surface area (Å²) in [7, 11) is 0. The smallest absolute Gasteiger partial charge is 0.357 e. The van der Waals surface area contributed by atoms with Gasteiger partial charge in [-0.05, 0) is 5.56 Å². The number of nitrogens with zero attached hydrogens (tertiary/aromatic N) is 1. The van der Waals surface area contributed by atoms with Crippen molar-refractivity contribution in [1.82, 2.24) is 0 Å². The van der Waals surface area contributed by atoms with Crippen molar-refractivity contribution in [3.8, 4) is 6.07 Å². The molecule has 0 saturated heterocycles. The molecule has 0 saturated carbocycles. The van der Waals surface area contributed by atoms with Crippen molar-refractivity contribution in [3.05, 3.63) is 35.9 Å². The number of halogens is 3. The van der Waals surface area contributed by atoms with Crippen molar-refractivity contribution in [3.63, 3.8) is 0 Å². The average Bonchev–Trinajstić information content (AvgIpc) is 2.18. The second-order valence-electron chi connectivity index (χ2n) is 3.20. The molecule has 0 aliphatic carbocycles. The lowest BCUT2D eigenvalue weighted by atomic mass is 9.91. The normalized spacial score (nSPS) is 14.2. The summed E-state index contributed by atoms with van der Waals surface area (Å²) in [6.45, 7) is 0. The van der Waals surface area contributed by atoms with Gasteiger partial charge in [-0.15, -0.1) is 0 Å². The van der Waals surface area contributed by atoms with Gasteiger partial charge >= 0.3 is 6.18 Å². The van der Waals surface area contributed by atoms with E-state index in [1.54, 1.807) is 6.07 Å². The first kappa shape index (κ1) is 12.5. The van der Waals surface area contributed by atoms with Gasteiger partial charge in [-0.1, -0.05) is 30.3 Å². The maximum absolute atomic E-state index is 12.3. The number of alkyl halides is 3. The quantitative estimate of drug-likeness (QED) is 0.759. The van der Waals surface area contributed by atoms with E-state index in [9.17, 15) is 13.2 Å². The van der Waals surface area contributed by atoms with Crippen LogP contribution in [0.15, 0.2) is 30.3 Å². The third kappa shape index (κ3) is 2.15. The molecule has 0 fully saturated rings. The van der Waals surface area contributed by atoms with E-state index in [0.717, 1.165) is 0 Å². The Hall–Kier alpha value is -1.58. The Labute approximate surface area is 89.4 Å². The summed E-state index contributed by atoms with van der Waals surface area (Å²) in [4.78, 5) is 0. The Balaban J connectivity index is 3.16. The third-order valence-electron chi connectivity index (χ3n) is 2.08. The summed E-state index contributed by atoms with van der Waals surface area (Å²) in [5.41, 5.74) is -0.104. The van der Waals surface area contributed by atoms with Crippen LogP contribution in [0.1, 0.15) is 11.5 Å². The molecule has 0 aliphatic heterocycles. The Bertz CT molecular complexity index is 395. The van der Waals surface area contributed by atoms with Crippen LogP contribution in [0.25, 0.3) is 0 Å². The van der Waals surface area contributed by atoms with Crippen molar-refractivity contribution in [2.24, 2.45) is 0 Å². The van der Waals surface area contributed by atoms with Crippen molar-refractivity contribution in [1.29, 1.82) is 5.26 Å². The fourth-order valence-electron chi connectivity index (χ4n) is 1.21. The van der Waals surface area contributed by atoms with Crippen LogP contribution in [-0.4, -0.2) is 22.2 Å². The highest BCUT2D eigenvalue weighted by Gasteiger charge is 2.58. The van der Waals surface area contributed by atoms with Crippen molar-refractivity contribution < 1.29 is 23.4 Å². The number of hydrogen-bond donors (Lipinski definition) is 2. The maximum atomic E-state index is 12.3. The third-order valence-corrected chi connectivity index (χ3v) is 2.08. The van der Waals surface area contributed by atoms with E-state index < -0.39 is 17.9 Å². The molecule has 0 radical (unpaired) electrons. The Morgan fingerprint density at radius 3 is 2.00 bits per heavy atom. The van der Waals surface area contributed by atoms with Gasteiger partial charge < -0.3 is 10.2 Å². The molecule has 0 heterocycles. The first-order chi connectivity index (χ1) is 7.30. The Kier molecular flexibility index (Phi) is 3.21. The number of hydrogen-bond acceptors (Lipinski definition) is 3. The molecule has 0 amide bonds. The minimum atomic E-state index is -5.29. The second kappa shape index (κ2) is 4.12. The molecule has 1 atom stereocenters. The van der Waals surface area contributed by atoms with E-state index in [2.05, 4.69) is 0 Å². The molecule has 3 nitrogen and oxygen atoms in total. The zero-order valence-electron chi connectivity index (χ0n) is 7.94. The number of rotatable bonds is 2.